The third kappa shape index (κ3) is 20.1. The summed E-state index contributed by atoms with van der Waals surface area (Å²) in [5, 5.41) is 7.00. The van der Waals surface area contributed by atoms with Gasteiger partial charge in [-0.25, -0.2) is 4.98 Å². The molecule has 5 nitrogen and oxygen atoms in total. The van der Waals surface area contributed by atoms with E-state index in [0.29, 0.717) is 5.92 Å². The molecule has 0 bridgehead atoms. The summed E-state index contributed by atoms with van der Waals surface area (Å²) in [5.74, 6) is 2.26. The number of aliphatic hydroxyl groups excluding tert-OH is 1. The van der Waals surface area contributed by atoms with E-state index in [-0.39, 0.29) is 5.60 Å². The molecule has 2 heterocycles. The predicted molar refractivity (Wildman–Crippen MR) is 196 cm³/mol. The van der Waals surface area contributed by atoms with Crippen LogP contribution in [0.25, 0.3) is 11.6 Å². The van der Waals surface area contributed by atoms with E-state index < -0.39 is 0 Å². The molecule has 3 rings (SSSR count). The molecular weight excluding hydrogens is 544 g/mol. The second-order valence-corrected chi connectivity index (χ2v) is 11.3. The van der Waals surface area contributed by atoms with Gasteiger partial charge in [0.25, 0.3) is 0 Å². The van der Waals surface area contributed by atoms with Crippen molar-refractivity contribution in [1.82, 2.24) is 9.88 Å². The van der Waals surface area contributed by atoms with Crippen molar-refractivity contribution in [2.24, 2.45) is 5.92 Å². The number of hydrogen-bond donors (Lipinski definition) is 1. The smallest absolute Gasteiger partial charge is 0.149 e. The van der Waals surface area contributed by atoms with Crippen LogP contribution in [-0.2, 0) is 4.79 Å². The number of aliphatic hydroxyl groups is 1. The number of aromatic nitrogens is 1. The van der Waals surface area contributed by atoms with Crippen LogP contribution in [0.4, 0.5) is 0 Å². The number of carbonyl (C=O) groups excluding carboxylic acids is 1. The molecule has 0 spiro atoms. The van der Waals surface area contributed by atoms with Crippen LogP contribution in [0.5, 0.6) is 5.75 Å². The first-order valence-corrected chi connectivity index (χ1v) is 16.6. The van der Waals surface area contributed by atoms with Gasteiger partial charge in [-0.05, 0) is 69.4 Å². The Kier molecular flexibility index (Phi) is 29.8. The Morgan fingerprint density at radius 2 is 1.73 bits per heavy atom. The zero-order valence-corrected chi connectivity index (χ0v) is 30.6. The van der Waals surface area contributed by atoms with Crippen molar-refractivity contribution < 1.29 is 14.6 Å². The molecule has 1 saturated carbocycles. The second kappa shape index (κ2) is 28.8. The summed E-state index contributed by atoms with van der Waals surface area (Å²) in [6.07, 6.45) is 22.7. The van der Waals surface area contributed by atoms with E-state index in [1.165, 1.54) is 38.2 Å². The molecule has 1 aromatic rings. The van der Waals surface area contributed by atoms with Crippen LogP contribution >= 0.6 is 0 Å². The fourth-order valence-corrected chi connectivity index (χ4v) is 4.05. The summed E-state index contributed by atoms with van der Waals surface area (Å²) in [7, 11) is 1.00. The van der Waals surface area contributed by atoms with Crippen LogP contribution in [0.15, 0.2) is 55.8 Å². The fourth-order valence-electron chi connectivity index (χ4n) is 4.05. The maximum absolute atomic E-state index is 8.81. The molecule has 0 aromatic carbocycles. The maximum Gasteiger partial charge on any atom is 0.149 e. The summed E-state index contributed by atoms with van der Waals surface area (Å²) >= 11 is 0. The number of rotatable bonds is 6. The normalized spacial score (nSPS) is 16.0. The van der Waals surface area contributed by atoms with Crippen molar-refractivity contribution in [2.75, 3.05) is 20.2 Å². The fraction of sp³-hybridized carbons (Fsp3) is 0.590. The van der Waals surface area contributed by atoms with Crippen molar-refractivity contribution in [3.05, 3.63) is 72.8 Å². The Hall–Kier alpha value is -2.92. The van der Waals surface area contributed by atoms with Gasteiger partial charge in [0.15, 0.2) is 0 Å². The lowest BCUT2D eigenvalue weighted by Gasteiger charge is -2.34. The van der Waals surface area contributed by atoms with Gasteiger partial charge in [-0.3, -0.25) is 0 Å². The van der Waals surface area contributed by atoms with E-state index in [4.69, 9.17) is 19.6 Å². The molecule has 0 unspecified atom stereocenters. The van der Waals surface area contributed by atoms with Crippen molar-refractivity contribution in [3.63, 3.8) is 0 Å². The summed E-state index contributed by atoms with van der Waals surface area (Å²) < 4.78 is 6.60. The first-order chi connectivity index (χ1) is 21.0. The lowest BCUT2D eigenvalue weighted by atomic mass is 9.88. The zero-order valence-electron chi connectivity index (χ0n) is 30.6. The van der Waals surface area contributed by atoms with Crippen molar-refractivity contribution in [2.45, 2.75) is 126 Å². The van der Waals surface area contributed by atoms with Gasteiger partial charge in [-0.15, -0.1) is 0 Å². The number of fused-ring (bicyclic) bond motifs is 1. The number of carbonyl (C=O) groups is 1. The topological polar surface area (TPSA) is 62.7 Å². The minimum atomic E-state index is -0.358. The van der Waals surface area contributed by atoms with Gasteiger partial charge in [-0.2, -0.15) is 0 Å². The van der Waals surface area contributed by atoms with Crippen molar-refractivity contribution in [1.29, 1.82) is 0 Å². The third-order valence-corrected chi connectivity index (χ3v) is 6.25. The highest BCUT2D eigenvalue weighted by atomic mass is 16.5. The van der Waals surface area contributed by atoms with Crippen LogP contribution < -0.4 is 4.74 Å². The summed E-state index contributed by atoms with van der Waals surface area (Å²) in [5.41, 5.74) is 3.73. The molecule has 252 valence electrons. The first-order valence-electron chi connectivity index (χ1n) is 16.6. The van der Waals surface area contributed by atoms with Gasteiger partial charge in [0.2, 0.25) is 0 Å². The maximum atomic E-state index is 8.81. The van der Waals surface area contributed by atoms with E-state index in [1.54, 1.807) is 0 Å². The number of ether oxygens (including phenoxy) is 1. The highest BCUT2D eigenvalue weighted by Gasteiger charge is 2.27. The first kappa shape index (κ1) is 45.5. The SMILES string of the molecule is C=C/C=C(\C=C/CC)c1cc(C(C)C)c2c(n1)/C=C/CCN(C=C)CC(C)(C)O2.CC.CC1CCC1.CC=O.CCC.CO. The Morgan fingerprint density at radius 3 is 2.14 bits per heavy atom. The Balaban J connectivity index is -0.000000932. The van der Waals surface area contributed by atoms with E-state index in [0.717, 1.165) is 68.0 Å². The second-order valence-electron chi connectivity index (χ2n) is 11.3. The summed E-state index contributed by atoms with van der Waals surface area (Å²) in [6.45, 7) is 32.3. The van der Waals surface area contributed by atoms with E-state index in [2.05, 4.69) is 104 Å². The van der Waals surface area contributed by atoms with Crippen LogP contribution in [0.3, 0.4) is 0 Å². The number of allylic oxidation sites excluding steroid dienone is 5. The van der Waals surface area contributed by atoms with Gasteiger partial charge < -0.3 is 19.5 Å². The van der Waals surface area contributed by atoms with Crippen LogP contribution in [0.1, 0.15) is 138 Å². The Morgan fingerprint density at radius 1 is 1.18 bits per heavy atom. The molecule has 5 heteroatoms. The highest BCUT2D eigenvalue weighted by Crippen LogP contribution is 2.36. The third-order valence-electron chi connectivity index (χ3n) is 6.25. The monoisotopic (exact) mass is 613 g/mol. The predicted octanol–water partition coefficient (Wildman–Crippen LogP) is 10.8. The zero-order chi connectivity index (χ0) is 34.6. The molecule has 0 atom stereocenters. The Bertz CT molecular complexity index is 970. The molecule has 0 saturated heterocycles. The van der Waals surface area contributed by atoms with Gasteiger partial charge in [0.1, 0.15) is 23.3 Å². The molecular formula is C39H68N2O3. The minimum absolute atomic E-state index is 0.313. The van der Waals surface area contributed by atoms with Gasteiger partial charge in [0.05, 0.1) is 12.2 Å². The van der Waals surface area contributed by atoms with Gasteiger partial charge >= 0.3 is 0 Å². The van der Waals surface area contributed by atoms with E-state index in [9.17, 15) is 0 Å². The minimum Gasteiger partial charge on any atom is -0.483 e. The van der Waals surface area contributed by atoms with Gasteiger partial charge in [0, 0.05) is 19.2 Å². The average Bonchev–Trinajstić information content (AvgIpc) is 2.99. The quantitative estimate of drug-likeness (QED) is 0.256. The average molecular weight is 613 g/mol. The van der Waals surface area contributed by atoms with Crippen molar-refractivity contribution >= 4 is 17.9 Å². The lowest BCUT2D eigenvalue weighted by Crippen LogP contribution is -2.41. The number of pyridine rings is 1. The molecule has 0 amide bonds. The largest absolute Gasteiger partial charge is 0.483 e. The Labute approximate surface area is 272 Å². The number of nitrogens with zero attached hydrogens (tertiary/aromatic N) is 2. The highest BCUT2D eigenvalue weighted by molar-refractivity contribution is 5.75. The standard InChI is InChI=1S/C26H36N2O.C5H10.C3H8.C2H4O.C2H6.CH4O/c1-8-11-15-21(14-9-2)24-18-22(20(4)5)25-23(27-24)16-12-13-17-28(10-3)19-26(6,7)29-25;1-5-3-2-4-5;1-3-2;1-2-3;2*1-2/h9-12,14-16,18,20H,2-3,8,13,17,19H2,1,4-7H3;5H,2-4H2,1H3;3H2,1-2H3;2H,1H3;1-2H3;2H,1H3/b15-11-,16-12+,21-14+;;;;;. The number of hydrogen-bond acceptors (Lipinski definition) is 5. The molecule has 44 heavy (non-hydrogen) atoms. The molecule has 1 N–H and O–H groups in total. The van der Waals surface area contributed by atoms with Crippen LogP contribution in [-0.4, -0.2) is 47.1 Å². The van der Waals surface area contributed by atoms with E-state index >= 15 is 0 Å². The molecule has 1 fully saturated rings. The number of aldehydes is 1. The molecule has 0 radical (unpaired) electrons. The molecule has 1 aliphatic heterocycles. The lowest BCUT2D eigenvalue weighted by molar-refractivity contribution is -0.106. The molecule has 2 aliphatic rings. The molecule has 1 aliphatic carbocycles. The summed E-state index contributed by atoms with van der Waals surface area (Å²) in [6, 6.07) is 2.17. The van der Waals surface area contributed by atoms with E-state index in [1.807, 2.05) is 32.2 Å². The van der Waals surface area contributed by atoms with Crippen LogP contribution in [0.2, 0.25) is 0 Å². The molecule has 1 aromatic heterocycles. The summed E-state index contributed by atoms with van der Waals surface area (Å²) in [4.78, 5) is 16.0. The van der Waals surface area contributed by atoms with Crippen molar-refractivity contribution in [3.8, 4) is 5.75 Å². The van der Waals surface area contributed by atoms with Gasteiger partial charge in [-0.1, -0.05) is 125 Å². The van der Waals surface area contributed by atoms with Crippen LogP contribution in [0, 0.1) is 5.92 Å².